The molecule has 1 N–H and O–H groups in total. The van der Waals surface area contributed by atoms with Gasteiger partial charge in [0.1, 0.15) is 0 Å². The lowest BCUT2D eigenvalue weighted by Gasteiger charge is -2.33. The molecule has 0 unspecified atom stereocenters. The number of benzene rings is 1. The Balaban J connectivity index is 1.42. The van der Waals surface area contributed by atoms with Crippen LogP contribution < -0.4 is 5.32 Å². The molecule has 0 aromatic heterocycles. The zero-order valence-electron chi connectivity index (χ0n) is 13.9. The van der Waals surface area contributed by atoms with E-state index in [0.717, 1.165) is 18.5 Å². The second-order valence-corrected chi connectivity index (χ2v) is 6.42. The van der Waals surface area contributed by atoms with E-state index in [2.05, 4.69) is 5.32 Å². The van der Waals surface area contributed by atoms with Crippen LogP contribution in [0.3, 0.4) is 0 Å². The summed E-state index contributed by atoms with van der Waals surface area (Å²) in [6, 6.07) is 9.43. The Morgan fingerprint density at radius 3 is 2.33 bits per heavy atom. The van der Waals surface area contributed by atoms with Gasteiger partial charge in [0.05, 0.1) is 13.2 Å². The highest BCUT2D eigenvalue weighted by Gasteiger charge is 2.26. The number of nitrogens with zero attached hydrogens (tertiary/aromatic N) is 2. The van der Waals surface area contributed by atoms with Gasteiger partial charge in [0.2, 0.25) is 5.91 Å². The first-order valence-corrected chi connectivity index (χ1v) is 8.69. The summed E-state index contributed by atoms with van der Waals surface area (Å²) in [4.78, 5) is 28.3. The molecule has 2 aliphatic heterocycles. The van der Waals surface area contributed by atoms with E-state index in [-0.39, 0.29) is 11.9 Å². The first-order chi connectivity index (χ1) is 11.7. The van der Waals surface area contributed by atoms with Crippen LogP contribution >= 0.6 is 0 Å². The Kier molecular flexibility index (Phi) is 5.69. The van der Waals surface area contributed by atoms with Crippen LogP contribution in [0.15, 0.2) is 30.3 Å². The van der Waals surface area contributed by atoms with Crippen LogP contribution in [0.25, 0.3) is 0 Å². The topological polar surface area (TPSA) is 61.9 Å². The van der Waals surface area contributed by atoms with Crippen molar-refractivity contribution >= 4 is 17.6 Å². The van der Waals surface area contributed by atoms with Crippen molar-refractivity contribution in [2.24, 2.45) is 5.92 Å². The first kappa shape index (κ1) is 16.8. The zero-order chi connectivity index (χ0) is 16.8. The SMILES string of the molecule is O=C(CC1CCN(C(=O)Nc2ccccc2)CC1)N1CCOCC1. The molecule has 3 amide bonds. The fourth-order valence-corrected chi connectivity index (χ4v) is 3.25. The molecular formula is C18H25N3O3. The van der Waals surface area contributed by atoms with Crippen molar-refractivity contribution in [2.75, 3.05) is 44.7 Å². The number of para-hydroxylation sites is 1. The second kappa shape index (κ2) is 8.15. The number of nitrogens with one attached hydrogen (secondary N) is 1. The molecule has 0 atom stereocenters. The number of morpholine rings is 1. The highest BCUT2D eigenvalue weighted by molar-refractivity contribution is 5.89. The molecule has 24 heavy (non-hydrogen) atoms. The maximum Gasteiger partial charge on any atom is 0.321 e. The van der Waals surface area contributed by atoms with Gasteiger partial charge in [-0.3, -0.25) is 4.79 Å². The molecule has 6 nitrogen and oxygen atoms in total. The molecular weight excluding hydrogens is 306 g/mol. The number of hydrogen-bond acceptors (Lipinski definition) is 3. The molecule has 2 fully saturated rings. The number of piperidine rings is 1. The van der Waals surface area contributed by atoms with E-state index in [4.69, 9.17) is 4.74 Å². The van der Waals surface area contributed by atoms with Crippen LogP contribution in [-0.2, 0) is 9.53 Å². The van der Waals surface area contributed by atoms with Crippen molar-refractivity contribution in [3.8, 4) is 0 Å². The number of carbonyl (C=O) groups excluding carboxylic acids is 2. The number of rotatable bonds is 3. The predicted octanol–water partition coefficient (Wildman–Crippen LogP) is 2.18. The third-order valence-electron chi connectivity index (χ3n) is 4.75. The lowest BCUT2D eigenvalue weighted by atomic mass is 9.93. The number of hydrogen-bond donors (Lipinski definition) is 1. The molecule has 130 valence electrons. The molecule has 1 aromatic rings. The molecule has 0 saturated carbocycles. The first-order valence-electron chi connectivity index (χ1n) is 8.69. The van der Waals surface area contributed by atoms with Gasteiger partial charge in [0.15, 0.2) is 0 Å². The van der Waals surface area contributed by atoms with E-state index in [1.165, 1.54) is 0 Å². The van der Waals surface area contributed by atoms with Gasteiger partial charge < -0.3 is 19.9 Å². The number of anilines is 1. The third-order valence-corrected chi connectivity index (χ3v) is 4.75. The number of ether oxygens (including phenoxy) is 1. The van der Waals surface area contributed by atoms with Crippen LogP contribution in [0.4, 0.5) is 10.5 Å². The summed E-state index contributed by atoms with van der Waals surface area (Å²) in [6.07, 6.45) is 2.37. The van der Waals surface area contributed by atoms with Gasteiger partial charge in [-0.2, -0.15) is 0 Å². The summed E-state index contributed by atoms with van der Waals surface area (Å²) in [7, 11) is 0. The summed E-state index contributed by atoms with van der Waals surface area (Å²) >= 11 is 0. The minimum atomic E-state index is -0.0563. The lowest BCUT2D eigenvalue weighted by molar-refractivity contribution is -0.136. The zero-order valence-corrected chi connectivity index (χ0v) is 13.9. The Bertz CT molecular complexity index is 550. The van der Waals surface area contributed by atoms with Crippen molar-refractivity contribution in [3.63, 3.8) is 0 Å². The van der Waals surface area contributed by atoms with Crippen molar-refractivity contribution in [2.45, 2.75) is 19.3 Å². The third kappa shape index (κ3) is 4.47. The number of urea groups is 1. The molecule has 6 heteroatoms. The highest BCUT2D eigenvalue weighted by atomic mass is 16.5. The molecule has 0 spiro atoms. The van der Waals surface area contributed by atoms with Crippen LogP contribution in [0.5, 0.6) is 0 Å². The number of likely N-dealkylation sites (tertiary alicyclic amines) is 1. The minimum absolute atomic E-state index is 0.0563. The lowest BCUT2D eigenvalue weighted by Crippen LogP contribution is -2.44. The van der Waals surface area contributed by atoms with Gasteiger partial charge in [-0.1, -0.05) is 18.2 Å². The van der Waals surface area contributed by atoms with E-state index in [9.17, 15) is 9.59 Å². The van der Waals surface area contributed by atoms with Crippen LogP contribution in [-0.4, -0.2) is 61.1 Å². The van der Waals surface area contributed by atoms with E-state index >= 15 is 0 Å². The quantitative estimate of drug-likeness (QED) is 0.923. The minimum Gasteiger partial charge on any atom is -0.378 e. The second-order valence-electron chi connectivity index (χ2n) is 6.42. The predicted molar refractivity (Wildman–Crippen MR) is 91.8 cm³/mol. The standard InChI is InChI=1S/C18H25N3O3/c22-17(20-10-12-24-13-11-20)14-15-6-8-21(9-7-15)18(23)19-16-4-2-1-3-5-16/h1-5,15H,6-14H2,(H,19,23). The largest absolute Gasteiger partial charge is 0.378 e. The van der Waals surface area contributed by atoms with Gasteiger partial charge in [0.25, 0.3) is 0 Å². The van der Waals surface area contributed by atoms with Gasteiger partial charge >= 0.3 is 6.03 Å². The fraction of sp³-hybridized carbons (Fsp3) is 0.556. The highest BCUT2D eigenvalue weighted by Crippen LogP contribution is 2.22. The van der Waals surface area contributed by atoms with Crippen LogP contribution in [0.2, 0.25) is 0 Å². The molecule has 0 radical (unpaired) electrons. The average Bonchev–Trinajstić information content (AvgIpc) is 2.64. The van der Waals surface area contributed by atoms with Crippen molar-refractivity contribution in [1.29, 1.82) is 0 Å². The Morgan fingerprint density at radius 1 is 1.00 bits per heavy atom. The summed E-state index contributed by atoms with van der Waals surface area (Å²) < 4.78 is 5.28. The van der Waals surface area contributed by atoms with E-state index in [0.29, 0.717) is 51.7 Å². The van der Waals surface area contributed by atoms with Gasteiger partial charge in [-0.25, -0.2) is 4.79 Å². The molecule has 2 heterocycles. The van der Waals surface area contributed by atoms with Gasteiger partial charge in [-0.05, 0) is 30.9 Å². The van der Waals surface area contributed by atoms with E-state index in [1.54, 1.807) is 0 Å². The Labute approximate surface area is 142 Å². The molecule has 2 aliphatic rings. The van der Waals surface area contributed by atoms with Crippen LogP contribution in [0.1, 0.15) is 19.3 Å². The monoisotopic (exact) mass is 331 g/mol. The van der Waals surface area contributed by atoms with Gasteiger partial charge in [0, 0.05) is 38.3 Å². The van der Waals surface area contributed by atoms with E-state index < -0.39 is 0 Å². The van der Waals surface area contributed by atoms with Crippen molar-refractivity contribution < 1.29 is 14.3 Å². The summed E-state index contributed by atoms with van der Waals surface area (Å²) in [5.74, 6) is 0.603. The summed E-state index contributed by atoms with van der Waals surface area (Å²) in [5, 5.41) is 2.92. The van der Waals surface area contributed by atoms with Crippen molar-refractivity contribution in [3.05, 3.63) is 30.3 Å². The Hall–Kier alpha value is -2.08. The molecule has 3 rings (SSSR count). The smallest absolute Gasteiger partial charge is 0.321 e. The molecule has 2 saturated heterocycles. The maximum atomic E-state index is 12.3. The average molecular weight is 331 g/mol. The fourth-order valence-electron chi connectivity index (χ4n) is 3.25. The molecule has 0 bridgehead atoms. The summed E-state index contributed by atoms with van der Waals surface area (Å²) in [5.41, 5.74) is 0.812. The van der Waals surface area contributed by atoms with Gasteiger partial charge in [-0.15, -0.1) is 0 Å². The number of amides is 3. The molecule has 1 aromatic carbocycles. The van der Waals surface area contributed by atoms with Crippen molar-refractivity contribution in [1.82, 2.24) is 9.80 Å². The Morgan fingerprint density at radius 2 is 1.67 bits per heavy atom. The summed E-state index contributed by atoms with van der Waals surface area (Å²) in [6.45, 7) is 4.11. The maximum absolute atomic E-state index is 12.3. The molecule has 0 aliphatic carbocycles. The normalized spacial score (nSPS) is 19.2. The van der Waals surface area contributed by atoms with Crippen LogP contribution in [0, 0.1) is 5.92 Å². The number of carbonyl (C=O) groups is 2. The van der Waals surface area contributed by atoms with E-state index in [1.807, 2.05) is 40.1 Å².